The van der Waals surface area contributed by atoms with Gasteiger partial charge in [-0.1, -0.05) is 46.1 Å². The van der Waals surface area contributed by atoms with Gasteiger partial charge in [-0.25, -0.2) is 0 Å². The summed E-state index contributed by atoms with van der Waals surface area (Å²) < 4.78 is 6.59. The molecule has 0 saturated heterocycles. The van der Waals surface area contributed by atoms with Crippen LogP contribution < -0.4 is 5.73 Å². The molecular formula is C16H20BrN3O. The Bertz CT molecular complexity index is 626. The molecule has 1 heterocycles. The molecular weight excluding hydrogens is 330 g/mol. The van der Waals surface area contributed by atoms with Gasteiger partial charge in [-0.05, 0) is 43.9 Å². The molecule has 2 unspecified atom stereocenters. The van der Waals surface area contributed by atoms with E-state index in [0.717, 1.165) is 28.8 Å². The van der Waals surface area contributed by atoms with Gasteiger partial charge in [0.05, 0.1) is 0 Å². The van der Waals surface area contributed by atoms with Gasteiger partial charge in [0.15, 0.2) is 0 Å². The van der Waals surface area contributed by atoms with E-state index in [9.17, 15) is 0 Å². The van der Waals surface area contributed by atoms with Crippen LogP contribution in [-0.4, -0.2) is 16.7 Å². The predicted molar refractivity (Wildman–Crippen MR) is 85.9 cm³/mol. The fourth-order valence-corrected chi connectivity index (χ4v) is 3.43. The van der Waals surface area contributed by atoms with E-state index in [1.165, 1.54) is 18.4 Å². The Labute approximate surface area is 133 Å². The number of halogens is 1. The van der Waals surface area contributed by atoms with Crippen molar-refractivity contribution in [1.82, 2.24) is 10.1 Å². The highest BCUT2D eigenvalue weighted by molar-refractivity contribution is 9.10. The first-order chi connectivity index (χ1) is 10.2. The number of aryl methyl sites for hydroxylation is 1. The molecule has 0 radical (unpaired) electrons. The third kappa shape index (κ3) is 3.04. The Kier molecular flexibility index (Phi) is 4.40. The van der Waals surface area contributed by atoms with Gasteiger partial charge < -0.3 is 10.3 Å². The summed E-state index contributed by atoms with van der Waals surface area (Å²) in [5.74, 6) is 2.19. The summed E-state index contributed by atoms with van der Waals surface area (Å²) in [6.07, 6.45) is 4.73. The molecule has 1 aliphatic carbocycles. The molecule has 2 atom stereocenters. The third-order valence-corrected chi connectivity index (χ3v) is 5.26. The Balaban J connectivity index is 1.86. The quantitative estimate of drug-likeness (QED) is 0.907. The lowest BCUT2D eigenvalue weighted by atomic mass is 9.79. The van der Waals surface area contributed by atoms with Gasteiger partial charge >= 0.3 is 0 Å². The molecule has 4 nitrogen and oxygen atoms in total. The molecule has 21 heavy (non-hydrogen) atoms. The Morgan fingerprint density at radius 2 is 2.14 bits per heavy atom. The van der Waals surface area contributed by atoms with Gasteiger partial charge in [0.2, 0.25) is 11.7 Å². The summed E-state index contributed by atoms with van der Waals surface area (Å²) in [6, 6.07) is 6.11. The molecule has 1 aromatic heterocycles. The molecule has 0 aliphatic heterocycles. The highest BCUT2D eigenvalue weighted by atomic mass is 79.9. The average molecular weight is 350 g/mol. The van der Waals surface area contributed by atoms with E-state index in [0.29, 0.717) is 24.2 Å². The zero-order valence-corrected chi connectivity index (χ0v) is 13.8. The van der Waals surface area contributed by atoms with Crippen molar-refractivity contribution >= 4 is 15.9 Å². The van der Waals surface area contributed by atoms with Crippen molar-refractivity contribution in [1.29, 1.82) is 0 Å². The van der Waals surface area contributed by atoms with Gasteiger partial charge in [-0.3, -0.25) is 0 Å². The first kappa shape index (κ1) is 14.7. The molecule has 1 fully saturated rings. The summed E-state index contributed by atoms with van der Waals surface area (Å²) in [6.45, 7) is 2.75. The van der Waals surface area contributed by atoms with Crippen molar-refractivity contribution in [2.45, 2.75) is 38.5 Å². The van der Waals surface area contributed by atoms with Crippen LogP contribution in [0.4, 0.5) is 0 Å². The maximum atomic E-state index is 5.89. The molecule has 1 aromatic carbocycles. The topological polar surface area (TPSA) is 64.9 Å². The molecule has 2 aromatic rings. The minimum absolute atomic E-state index is 0.318. The van der Waals surface area contributed by atoms with E-state index in [4.69, 9.17) is 10.3 Å². The van der Waals surface area contributed by atoms with Crippen molar-refractivity contribution in [2.75, 3.05) is 6.54 Å². The van der Waals surface area contributed by atoms with Crippen molar-refractivity contribution in [3.63, 3.8) is 0 Å². The lowest BCUT2D eigenvalue weighted by Gasteiger charge is -2.27. The van der Waals surface area contributed by atoms with Gasteiger partial charge in [0.1, 0.15) is 0 Å². The largest absolute Gasteiger partial charge is 0.339 e. The van der Waals surface area contributed by atoms with E-state index in [1.807, 2.05) is 12.1 Å². The van der Waals surface area contributed by atoms with Gasteiger partial charge in [-0.2, -0.15) is 4.98 Å². The molecule has 1 saturated carbocycles. The number of rotatable bonds is 3. The van der Waals surface area contributed by atoms with Crippen molar-refractivity contribution < 1.29 is 4.52 Å². The molecule has 112 valence electrons. The lowest BCUT2D eigenvalue weighted by Crippen LogP contribution is -2.25. The molecule has 0 spiro atoms. The van der Waals surface area contributed by atoms with Crippen LogP contribution in [0.2, 0.25) is 0 Å². The predicted octanol–water partition coefficient (Wildman–Crippen LogP) is 4.04. The Hall–Kier alpha value is -1.20. The van der Waals surface area contributed by atoms with E-state index in [-0.39, 0.29) is 0 Å². The summed E-state index contributed by atoms with van der Waals surface area (Å²) in [4.78, 5) is 4.62. The van der Waals surface area contributed by atoms with E-state index >= 15 is 0 Å². The lowest BCUT2D eigenvalue weighted by molar-refractivity contribution is 0.249. The zero-order chi connectivity index (χ0) is 14.8. The maximum absolute atomic E-state index is 5.89. The van der Waals surface area contributed by atoms with Crippen LogP contribution in [0.15, 0.2) is 27.2 Å². The SMILES string of the molecule is Cc1ccc(-c2noc(C3CCCCC3CN)n2)cc1Br. The van der Waals surface area contributed by atoms with Crippen molar-refractivity contribution in [3.05, 3.63) is 34.1 Å². The number of nitrogens with two attached hydrogens (primary N) is 1. The highest BCUT2D eigenvalue weighted by Gasteiger charge is 2.30. The van der Waals surface area contributed by atoms with Crippen LogP contribution in [0, 0.1) is 12.8 Å². The van der Waals surface area contributed by atoms with Crippen LogP contribution in [0.3, 0.4) is 0 Å². The normalized spacial score (nSPS) is 22.4. The van der Waals surface area contributed by atoms with Crippen LogP contribution in [0.5, 0.6) is 0 Å². The number of hydrogen-bond donors (Lipinski definition) is 1. The molecule has 1 aliphatic rings. The maximum Gasteiger partial charge on any atom is 0.230 e. The number of hydrogen-bond acceptors (Lipinski definition) is 4. The Morgan fingerprint density at radius 3 is 2.90 bits per heavy atom. The van der Waals surface area contributed by atoms with Gasteiger partial charge in [-0.15, -0.1) is 0 Å². The first-order valence-electron chi connectivity index (χ1n) is 7.49. The first-order valence-corrected chi connectivity index (χ1v) is 8.28. The smallest absolute Gasteiger partial charge is 0.230 e. The van der Waals surface area contributed by atoms with Crippen LogP contribution in [0.25, 0.3) is 11.4 Å². The summed E-state index contributed by atoms with van der Waals surface area (Å²) >= 11 is 3.54. The number of aromatic nitrogens is 2. The van der Waals surface area contributed by atoms with Crippen LogP contribution in [0.1, 0.15) is 43.1 Å². The van der Waals surface area contributed by atoms with Gasteiger partial charge in [0, 0.05) is 16.0 Å². The second-order valence-electron chi connectivity index (χ2n) is 5.81. The number of nitrogens with zero attached hydrogens (tertiary/aromatic N) is 2. The Morgan fingerprint density at radius 1 is 1.33 bits per heavy atom. The minimum Gasteiger partial charge on any atom is -0.339 e. The molecule has 2 N–H and O–H groups in total. The van der Waals surface area contributed by atoms with Gasteiger partial charge in [0.25, 0.3) is 0 Å². The summed E-state index contributed by atoms with van der Waals surface area (Å²) in [5.41, 5.74) is 8.06. The van der Waals surface area contributed by atoms with Crippen molar-refractivity contribution in [3.8, 4) is 11.4 Å². The fourth-order valence-electron chi connectivity index (χ4n) is 3.05. The van der Waals surface area contributed by atoms with Crippen molar-refractivity contribution in [2.24, 2.45) is 11.7 Å². The molecule has 0 bridgehead atoms. The average Bonchev–Trinajstić information content (AvgIpc) is 2.99. The second-order valence-corrected chi connectivity index (χ2v) is 6.66. The number of benzene rings is 1. The molecule has 3 rings (SSSR count). The second kappa shape index (κ2) is 6.28. The van der Waals surface area contributed by atoms with Crippen LogP contribution in [-0.2, 0) is 0 Å². The minimum atomic E-state index is 0.318. The summed E-state index contributed by atoms with van der Waals surface area (Å²) in [5, 5.41) is 4.15. The van der Waals surface area contributed by atoms with E-state index in [1.54, 1.807) is 0 Å². The highest BCUT2D eigenvalue weighted by Crippen LogP contribution is 2.37. The summed E-state index contributed by atoms with van der Waals surface area (Å²) in [7, 11) is 0. The van der Waals surface area contributed by atoms with E-state index < -0.39 is 0 Å². The monoisotopic (exact) mass is 349 g/mol. The standard InChI is InChI=1S/C16H20BrN3O/c1-10-6-7-11(8-14(10)17)15-19-16(21-20-15)13-5-3-2-4-12(13)9-18/h6-8,12-13H,2-5,9,18H2,1H3. The molecule has 5 heteroatoms. The molecule has 0 amide bonds. The third-order valence-electron chi connectivity index (χ3n) is 4.40. The van der Waals surface area contributed by atoms with E-state index in [2.05, 4.69) is 39.1 Å². The zero-order valence-electron chi connectivity index (χ0n) is 12.2. The van der Waals surface area contributed by atoms with Crippen LogP contribution >= 0.6 is 15.9 Å². The fraction of sp³-hybridized carbons (Fsp3) is 0.500.